The van der Waals surface area contributed by atoms with E-state index in [1.807, 2.05) is 19.9 Å². The minimum Gasteiger partial charge on any atom is -0.389 e. The van der Waals surface area contributed by atoms with Crippen molar-refractivity contribution in [2.24, 2.45) is 5.92 Å². The Hall–Kier alpha value is -1.88. The lowest BCUT2D eigenvalue weighted by Crippen LogP contribution is -2.46. The topological polar surface area (TPSA) is 65.5 Å². The van der Waals surface area contributed by atoms with Crippen LogP contribution in [0.2, 0.25) is 0 Å². The molecule has 20 heavy (non-hydrogen) atoms. The third-order valence-electron chi connectivity index (χ3n) is 3.93. The van der Waals surface area contributed by atoms with Crippen molar-refractivity contribution in [1.82, 2.24) is 15.2 Å². The van der Waals surface area contributed by atoms with E-state index in [1.54, 1.807) is 17.3 Å². The minimum absolute atomic E-state index is 0.0805. The number of aromatic nitrogens is 1. The Kier molecular flexibility index (Phi) is 4.39. The number of nitrogens with zero attached hydrogens (tertiary/aromatic N) is 2. The first kappa shape index (κ1) is 14.5. The second kappa shape index (κ2) is 6.05. The van der Waals surface area contributed by atoms with Crippen molar-refractivity contribution in [3.05, 3.63) is 42.2 Å². The molecule has 0 aliphatic carbocycles. The molecule has 0 spiro atoms. The Bertz CT molecular complexity index is 479. The summed E-state index contributed by atoms with van der Waals surface area (Å²) < 4.78 is 0. The minimum atomic E-state index is -0.620. The van der Waals surface area contributed by atoms with Crippen LogP contribution in [-0.2, 0) is 13.1 Å². The van der Waals surface area contributed by atoms with E-state index in [2.05, 4.69) is 16.9 Å². The smallest absolute Gasteiger partial charge is 0.318 e. The lowest BCUT2D eigenvalue weighted by Gasteiger charge is -2.26. The van der Waals surface area contributed by atoms with Crippen LogP contribution >= 0.6 is 0 Å². The number of aliphatic hydroxyl groups is 1. The van der Waals surface area contributed by atoms with Crippen LogP contribution in [0.1, 0.15) is 25.0 Å². The van der Waals surface area contributed by atoms with Gasteiger partial charge in [-0.15, -0.1) is 6.58 Å². The summed E-state index contributed by atoms with van der Waals surface area (Å²) in [6.45, 7) is 8.53. The fraction of sp³-hybridized carbons (Fsp3) is 0.467. The maximum absolute atomic E-state index is 12.2. The highest BCUT2D eigenvalue weighted by atomic mass is 16.3. The number of nitrogens with one attached hydrogen (secondary N) is 1. The zero-order valence-electron chi connectivity index (χ0n) is 11.9. The number of pyridine rings is 1. The van der Waals surface area contributed by atoms with E-state index in [9.17, 15) is 9.90 Å². The number of hydrogen-bond donors (Lipinski definition) is 2. The molecule has 5 nitrogen and oxygen atoms in total. The number of fused-ring (bicyclic) bond motifs is 1. The zero-order valence-corrected chi connectivity index (χ0v) is 11.9. The maximum Gasteiger partial charge on any atom is 0.318 e. The molecule has 0 radical (unpaired) electrons. The van der Waals surface area contributed by atoms with Crippen LogP contribution in [-0.4, -0.2) is 33.2 Å². The summed E-state index contributed by atoms with van der Waals surface area (Å²) in [6, 6.07) is 1.70. The van der Waals surface area contributed by atoms with E-state index in [4.69, 9.17) is 0 Å². The van der Waals surface area contributed by atoms with Crippen molar-refractivity contribution in [2.75, 3.05) is 0 Å². The van der Waals surface area contributed by atoms with Crippen LogP contribution in [0.4, 0.5) is 4.79 Å². The molecule has 1 aromatic rings. The summed E-state index contributed by atoms with van der Waals surface area (Å²) in [6.07, 6.45) is 4.41. The Morgan fingerprint density at radius 3 is 2.85 bits per heavy atom. The fourth-order valence-corrected chi connectivity index (χ4v) is 2.29. The van der Waals surface area contributed by atoms with E-state index < -0.39 is 6.10 Å². The first-order chi connectivity index (χ1) is 9.52. The van der Waals surface area contributed by atoms with Gasteiger partial charge in [0.1, 0.15) is 0 Å². The van der Waals surface area contributed by atoms with Gasteiger partial charge < -0.3 is 15.3 Å². The van der Waals surface area contributed by atoms with E-state index in [-0.39, 0.29) is 18.0 Å². The highest BCUT2D eigenvalue weighted by molar-refractivity contribution is 5.75. The van der Waals surface area contributed by atoms with Crippen molar-refractivity contribution in [2.45, 2.75) is 39.1 Å². The van der Waals surface area contributed by atoms with Crippen LogP contribution in [0.25, 0.3) is 0 Å². The lowest BCUT2D eigenvalue weighted by molar-refractivity contribution is 0.135. The number of rotatable bonds is 4. The predicted octanol–water partition coefficient (Wildman–Crippen LogP) is 1.68. The summed E-state index contributed by atoms with van der Waals surface area (Å²) in [5.74, 6) is -0.0805. The number of carbonyl (C=O) groups excluding carboxylic acids is 1. The first-order valence-electron chi connectivity index (χ1n) is 6.80. The number of hydrogen-bond acceptors (Lipinski definition) is 3. The molecule has 2 N–H and O–H groups in total. The third-order valence-corrected chi connectivity index (χ3v) is 3.93. The highest BCUT2D eigenvalue weighted by Gasteiger charge is 2.26. The molecule has 5 heteroatoms. The molecule has 0 saturated heterocycles. The van der Waals surface area contributed by atoms with Gasteiger partial charge in [-0.1, -0.05) is 13.0 Å². The van der Waals surface area contributed by atoms with Gasteiger partial charge in [-0.25, -0.2) is 4.79 Å². The van der Waals surface area contributed by atoms with E-state index in [0.717, 1.165) is 11.1 Å². The van der Waals surface area contributed by atoms with Crippen molar-refractivity contribution in [3.63, 3.8) is 0 Å². The standard InChI is InChI=1S/C15H21N3O2/c1-4-14(19)10(2)11(3)17-15(20)18-8-12-5-6-16-7-13(12)9-18/h4-7,10-11,14,19H,1,8-9H2,2-3H3,(H,17,20)/t10-,11+,14?/m0/s1. The monoisotopic (exact) mass is 275 g/mol. The van der Waals surface area contributed by atoms with Gasteiger partial charge in [-0.3, -0.25) is 4.98 Å². The normalized spacial score (nSPS) is 18.1. The molecule has 0 fully saturated rings. The Morgan fingerprint density at radius 1 is 1.50 bits per heavy atom. The van der Waals surface area contributed by atoms with Crippen LogP contribution in [0.3, 0.4) is 0 Å². The van der Waals surface area contributed by atoms with Crippen LogP contribution in [0, 0.1) is 5.92 Å². The molecule has 0 bridgehead atoms. The molecule has 2 amide bonds. The van der Waals surface area contributed by atoms with Crippen LogP contribution in [0.15, 0.2) is 31.1 Å². The SMILES string of the molecule is C=CC(O)[C@@H](C)[C@@H](C)NC(=O)N1Cc2ccncc2C1. The quantitative estimate of drug-likeness (QED) is 0.822. The van der Waals surface area contributed by atoms with Gasteiger partial charge in [-0.2, -0.15) is 0 Å². The van der Waals surface area contributed by atoms with E-state index in [1.165, 1.54) is 6.08 Å². The van der Waals surface area contributed by atoms with E-state index >= 15 is 0 Å². The Balaban J connectivity index is 1.92. The second-order valence-corrected chi connectivity index (χ2v) is 5.32. The molecular weight excluding hydrogens is 254 g/mol. The van der Waals surface area contributed by atoms with Gasteiger partial charge in [-0.05, 0) is 24.1 Å². The number of amides is 2. The van der Waals surface area contributed by atoms with Gasteiger partial charge in [0.2, 0.25) is 0 Å². The Labute approximate surface area is 119 Å². The van der Waals surface area contributed by atoms with Crippen molar-refractivity contribution in [1.29, 1.82) is 0 Å². The molecule has 2 heterocycles. The molecule has 0 aromatic carbocycles. The average molecular weight is 275 g/mol. The molecule has 3 atom stereocenters. The van der Waals surface area contributed by atoms with Crippen molar-refractivity contribution >= 4 is 6.03 Å². The molecule has 108 valence electrons. The maximum atomic E-state index is 12.2. The molecule has 1 aliphatic rings. The number of urea groups is 1. The van der Waals surface area contributed by atoms with Crippen molar-refractivity contribution < 1.29 is 9.90 Å². The molecule has 1 aromatic heterocycles. The summed E-state index contributed by atoms with van der Waals surface area (Å²) in [4.78, 5) is 18.0. The summed E-state index contributed by atoms with van der Waals surface area (Å²) >= 11 is 0. The number of carbonyl (C=O) groups is 1. The van der Waals surface area contributed by atoms with Crippen LogP contribution in [0.5, 0.6) is 0 Å². The van der Waals surface area contributed by atoms with Gasteiger partial charge in [0, 0.05) is 37.4 Å². The highest BCUT2D eigenvalue weighted by Crippen LogP contribution is 2.21. The van der Waals surface area contributed by atoms with Crippen molar-refractivity contribution in [3.8, 4) is 0 Å². The third kappa shape index (κ3) is 2.99. The number of aliphatic hydroxyl groups excluding tert-OH is 1. The van der Waals surface area contributed by atoms with Crippen LogP contribution < -0.4 is 5.32 Å². The summed E-state index contributed by atoms with van der Waals surface area (Å²) in [5, 5.41) is 12.7. The van der Waals surface area contributed by atoms with Gasteiger partial charge in [0.05, 0.1) is 6.10 Å². The lowest BCUT2D eigenvalue weighted by atomic mass is 9.97. The molecule has 2 rings (SSSR count). The summed E-state index contributed by atoms with van der Waals surface area (Å²) in [7, 11) is 0. The molecule has 0 saturated carbocycles. The molecule has 1 unspecified atom stereocenters. The Morgan fingerprint density at radius 2 is 2.20 bits per heavy atom. The van der Waals surface area contributed by atoms with Gasteiger partial charge in [0.25, 0.3) is 0 Å². The van der Waals surface area contributed by atoms with Gasteiger partial charge in [0.15, 0.2) is 0 Å². The second-order valence-electron chi connectivity index (χ2n) is 5.32. The largest absolute Gasteiger partial charge is 0.389 e. The average Bonchev–Trinajstić information content (AvgIpc) is 2.89. The molecular formula is C15H21N3O2. The summed E-state index contributed by atoms with van der Waals surface area (Å²) in [5.41, 5.74) is 2.23. The predicted molar refractivity (Wildman–Crippen MR) is 76.8 cm³/mol. The first-order valence-corrected chi connectivity index (χ1v) is 6.80. The molecule has 1 aliphatic heterocycles. The van der Waals surface area contributed by atoms with Gasteiger partial charge >= 0.3 is 6.03 Å². The fourth-order valence-electron chi connectivity index (χ4n) is 2.29. The van der Waals surface area contributed by atoms with E-state index in [0.29, 0.717) is 13.1 Å². The zero-order chi connectivity index (χ0) is 14.7.